The van der Waals surface area contributed by atoms with Gasteiger partial charge in [-0.25, -0.2) is 4.39 Å². The van der Waals surface area contributed by atoms with E-state index in [0.29, 0.717) is 22.3 Å². The van der Waals surface area contributed by atoms with E-state index in [2.05, 4.69) is 5.32 Å². The van der Waals surface area contributed by atoms with Gasteiger partial charge in [-0.1, -0.05) is 23.2 Å². The molecule has 1 amide bonds. The van der Waals surface area contributed by atoms with Gasteiger partial charge in [0.15, 0.2) is 18.1 Å². The van der Waals surface area contributed by atoms with Gasteiger partial charge < -0.3 is 15.0 Å². The van der Waals surface area contributed by atoms with Crippen LogP contribution in [0.15, 0.2) is 36.4 Å². The number of amides is 1. The lowest BCUT2D eigenvalue weighted by Crippen LogP contribution is -3.08. The van der Waals surface area contributed by atoms with Crippen molar-refractivity contribution in [3.63, 3.8) is 0 Å². The van der Waals surface area contributed by atoms with Gasteiger partial charge in [0.2, 0.25) is 0 Å². The number of benzene rings is 2. The Kier molecular flexibility index (Phi) is 6.43. The number of anilines is 1. The maximum Gasteiger partial charge on any atom is 0.279 e. The molecule has 2 aromatic carbocycles. The van der Waals surface area contributed by atoms with Crippen LogP contribution < -0.4 is 15.0 Å². The summed E-state index contributed by atoms with van der Waals surface area (Å²) in [6.45, 7) is 0.718. The molecule has 1 unspecified atom stereocenters. The van der Waals surface area contributed by atoms with E-state index in [-0.39, 0.29) is 18.2 Å². The van der Waals surface area contributed by atoms with Crippen molar-refractivity contribution >= 4 is 34.8 Å². The molecule has 0 heterocycles. The van der Waals surface area contributed by atoms with Gasteiger partial charge in [-0.2, -0.15) is 0 Å². The van der Waals surface area contributed by atoms with Crippen molar-refractivity contribution in [2.45, 2.75) is 6.54 Å². The maximum atomic E-state index is 13.7. The molecule has 2 rings (SSSR count). The van der Waals surface area contributed by atoms with Crippen LogP contribution in [-0.4, -0.2) is 26.6 Å². The molecule has 0 radical (unpaired) electrons. The minimum absolute atomic E-state index is 0.189. The smallest absolute Gasteiger partial charge is 0.279 e. The summed E-state index contributed by atoms with van der Waals surface area (Å²) in [6.07, 6.45) is 0. The molecule has 2 aromatic rings. The molecule has 0 aliphatic rings. The van der Waals surface area contributed by atoms with Crippen molar-refractivity contribution in [2.24, 2.45) is 0 Å². The Morgan fingerprint density at radius 2 is 2.00 bits per heavy atom. The summed E-state index contributed by atoms with van der Waals surface area (Å²) in [7, 11) is 3.27. The topological polar surface area (TPSA) is 42.8 Å². The number of nitrogens with one attached hydrogen (secondary N) is 2. The quantitative estimate of drug-likeness (QED) is 0.819. The molecule has 128 valence electrons. The predicted molar refractivity (Wildman–Crippen MR) is 93.5 cm³/mol. The van der Waals surface area contributed by atoms with Gasteiger partial charge in [0.25, 0.3) is 5.91 Å². The first kappa shape index (κ1) is 18.5. The standard InChI is InChI=1S/C17H17Cl2FN2O2/c1-22(9-11-3-6-16(24-2)14(20)7-11)10-17(23)21-15-5-4-12(18)8-13(15)19/h3-8H,9-10H2,1-2H3,(H,21,23)/p+1. The van der Waals surface area contributed by atoms with Gasteiger partial charge in [-0.3, -0.25) is 4.79 Å². The van der Waals surface area contributed by atoms with Crippen LogP contribution in [0.3, 0.4) is 0 Å². The highest BCUT2D eigenvalue weighted by Crippen LogP contribution is 2.25. The molecule has 4 nitrogen and oxygen atoms in total. The van der Waals surface area contributed by atoms with Crippen molar-refractivity contribution in [2.75, 3.05) is 26.0 Å². The normalized spacial score (nSPS) is 11.9. The zero-order valence-corrected chi connectivity index (χ0v) is 14.8. The summed E-state index contributed by atoms with van der Waals surface area (Å²) in [5, 5.41) is 3.62. The molecule has 2 N–H and O–H groups in total. The minimum atomic E-state index is -0.416. The largest absolute Gasteiger partial charge is 0.494 e. The lowest BCUT2D eigenvalue weighted by Gasteiger charge is -2.15. The monoisotopic (exact) mass is 371 g/mol. The third-order valence-corrected chi connectivity index (χ3v) is 3.94. The lowest BCUT2D eigenvalue weighted by molar-refractivity contribution is -0.885. The molecule has 24 heavy (non-hydrogen) atoms. The van der Waals surface area contributed by atoms with E-state index in [9.17, 15) is 9.18 Å². The summed E-state index contributed by atoms with van der Waals surface area (Å²) < 4.78 is 18.6. The SMILES string of the molecule is COc1ccc(C[NH+](C)CC(=O)Nc2ccc(Cl)cc2Cl)cc1F. The van der Waals surface area contributed by atoms with E-state index < -0.39 is 5.82 Å². The molecule has 0 fully saturated rings. The number of halogens is 3. The highest BCUT2D eigenvalue weighted by Gasteiger charge is 2.13. The van der Waals surface area contributed by atoms with Crippen LogP contribution in [0.1, 0.15) is 5.56 Å². The average Bonchev–Trinajstić information content (AvgIpc) is 2.50. The number of hydrogen-bond donors (Lipinski definition) is 2. The fraction of sp³-hybridized carbons (Fsp3) is 0.235. The van der Waals surface area contributed by atoms with E-state index in [1.807, 2.05) is 7.05 Å². The second-order valence-electron chi connectivity index (χ2n) is 5.45. The summed E-state index contributed by atoms with van der Waals surface area (Å²) >= 11 is 11.8. The third-order valence-electron chi connectivity index (χ3n) is 3.39. The Hall–Kier alpha value is -1.82. The van der Waals surface area contributed by atoms with E-state index in [1.54, 1.807) is 30.3 Å². The van der Waals surface area contributed by atoms with Gasteiger partial charge in [0.05, 0.1) is 24.9 Å². The van der Waals surface area contributed by atoms with Crippen molar-refractivity contribution < 1.29 is 18.8 Å². The second-order valence-corrected chi connectivity index (χ2v) is 6.30. The van der Waals surface area contributed by atoms with Crippen LogP contribution in [0.2, 0.25) is 10.0 Å². The van der Waals surface area contributed by atoms with Crippen LogP contribution >= 0.6 is 23.2 Å². The average molecular weight is 372 g/mol. The Morgan fingerprint density at radius 1 is 1.25 bits per heavy atom. The van der Waals surface area contributed by atoms with Gasteiger partial charge in [-0.15, -0.1) is 0 Å². The Balaban J connectivity index is 1.92. The van der Waals surface area contributed by atoms with Crippen molar-refractivity contribution in [1.82, 2.24) is 0 Å². The molecule has 0 aliphatic heterocycles. The number of likely N-dealkylation sites (N-methyl/N-ethyl adjacent to an activating group) is 1. The summed E-state index contributed by atoms with van der Waals surface area (Å²) in [5.74, 6) is -0.405. The van der Waals surface area contributed by atoms with Crippen molar-refractivity contribution in [3.05, 3.63) is 57.8 Å². The fourth-order valence-electron chi connectivity index (χ4n) is 2.29. The molecule has 0 saturated carbocycles. The van der Waals surface area contributed by atoms with Crippen LogP contribution in [0.25, 0.3) is 0 Å². The van der Waals surface area contributed by atoms with Crippen LogP contribution in [-0.2, 0) is 11.3 Å². The molecule has 0 saturated heterocycles. The van der Waals surface area contributed by atoms with Gasteiger partial charge in [0, 0.05) is 10.6 Å². The number of rotatable bonds is 6. The van der Waals surface area contributed by atoms with Crippen LogP contribution in [0.5, 0.6) is 5.75 Å². The number of hydrogen-bond acceptors (Lipinski definition) is 2. The molecule has 0 bridgehead atoms. The van der Waals surface area contributed by atoms with Gasteiger partial charge in [-0.05, 0) is 36.4 Å². The molecular weight excluding hydrogens is 354 g/mol. The summed E-state index contributed by atoms with van der Waals surface area (Å²) in [6, 6.07) is 9.63. The second kappa shape index (κ2) is 8.33. The first-order valence-electron chi connectivity index (χ1n) is 7.27. The van der Waals surface area contributed by atoms with Crippen LogP contribution in [0, 0.1) is 5.82 Å². The molecule has 1 atom stereocenters. The Morgan fingerprint density at radius 3 is 2.62 bits per heavy atom. The summed E-state index contributed by atoms with van der Waals surface area (Å²) in [5.41, 5.74) is 1.29. The van der Waals surface area contributed by atoms with E-state index in [0.717, 1.165) is 10.5 Å². The van der Waals surface area contributed by atoms with Crippen molar-refractivity contribution in [3.8, 4) is 5.75 Å². The molecule has 0 aliphatic carbocycles. The zero-order valence-electron chi connectivity index (χ0n) is 13.3. The van der Waals surface area contributed by atoms with Gasteiger partial charge >= 0.3 is 0 Å². The predicted octanol–water partition coefficient (Wildman–Crippen LogP) is 2.79. The highest BCUT2D eigenvalue weighted by atomic mass is 35.5. The Labute approximate surface area is 150 Å². The fourth-order valence-corrected chi connectivity index (χ4v) is 2.75. The Bertz CT molecular complexity index is 741. The lowest BCUT2D eigenvalue weighted by atomic mass is 10.2. The highest BCUT2D eigenvalue weighted by molar-refractivity contribution is 6.36. The van der Waals surface area contributed by atoms with E-state index >= 15 is 0 Å². The molecule has 0 aromatic heterocycles. The minimum Gasteiger partial charge on any atom is -0.494 e. The maximum absolute atomic E-state index is 13.7. The van der Waals surface area contributed by atoms with Crippen molar-refractivity contribution in [1.29, 1.82) is 0 Å². The van der Waals surface area contributed by atoms with Gasteiger partial charge in [0.1, 0.15) is 6.54 Å². The zero-order chi connectivity index (χ0) is 17.7. The first-order chi connectivity index (χ1) is 11.4. The first-order valence-corrected chi connectivity index (χ1v) is 8.03. The molecular formula is C17H18Cl2FN2O2+. The number of quaternary nitrogens is 1. The molecule has 0 spiro atoms. The van der Waals surface area contributed by atoms with E-state index in [4.69, 9.17) is 27.9 Å². The number of methoxy groups -OCH3 is 1. The number of carbonyl (C=O) groups is 1. The van der Waals surface area contributed by atoms with E-state index in [1.165, 1.54) is 13.2 Å². The summed E-state index contributed by atoms with van der Waals surface area (Å²) in [4.78, 5) is 13.0. The van der Waals surface area contributed by atoms with Crippen LogP contribution in [0.4, 0.5) is 10.1 Å². The number of carbonyl (C=O) groups excluding carboxylic acids is 1. The number of ether oxygens (including phenoxy) is 1. The molecule has 7 heteroatoms. The third kappa shape index (κ3) is 5.09.